The second kappa shape index (κ2) is 7.61. The predicted molar refractivity (Wildman–Crippen MR) is 86.8 cm³/mol. The molecule has 1 aromatic heterocycles. The van der Waals surface area contributed by atoms with Crippen LogP contribution in [0.5, 0.6) is 11.6 Å². The van der Waals surface area contributed by atoms with Gasteiger partial charge in [0, 0.05) is 12.6 Å². The first-order chi connectivity index (χ1) is 10.1. The average molecular weight is 372 g/mol. The number of benzene rings is 1. The second-order valence-electron chi connectivity index (χ2n) is 4.18. The number of halogens is 2. The Hall–Kier alpha value is -1.34. The van der Waals surface area contributed by atoms with Crippen molar-refractivity contribution in [2.75, 3.05) is 18.1 Å². The van der Waals surface area contributed by atoms with Crippen LogP contribution < -0.4 is 10.1 Å². The third-order valence-corrected chi connectivity index (χ3v) is 3.69. The summed E-state index contributed by atoms with van der Waals surface area (Å²) in [6.07, 6.45) is 2.90. The Morgan fingerprint density at radius 2 is 2.14 bits per heavy atom. The lowest BCUT2D eigenvalue weighted by Gasteiger charge is -2.09. The lowest BCUT2D eigenvalue weighted by atomic mass is 10.3. The van der Waals surface area contributed by atoms with Gasteiger partial charge in [-0.15, -0.1) is 0 Å². The molecule has 1 heterocycles. The van der Waals surface area contributed by atoms with Gasteiger partial charge in [0.15, 0.2) is 5.16 Å². The number of thioether (sulfide) groups is 1. The van der Waals surface area contributed by atoms with Crippen molar-refractivity contribution in [2.24, 2.45) is 0 Å². The third-order valence-electron chi connectivity index (χ3n) is 2.53. The van der Waals surface area contributed by atoms with E-state index in [0.717, 1.165) is 13.0 Å². The minimum Gasteiger partial charge on any atom is -0.439 e. The maximum absolute atomic E-state index is 13.2. The molecule has 0 atom stereocenters. The fraction of sp³-hybridized carbons (Fsp3) is 0.286. The maximum atomic E-state index is 13.2. The molecule has 0 spiro atoms. The molecule has 0 fully saturated rings. The van der Waals surface area contributed by atoms with Gasteiger partial charge < -0.3 is 10.1 Å². The van der Waals surface area contributed by atoms with Crippen LogP contribution in [-0.4, -0.2) is 22.8 Å². The fourth-order valence-electron chi connectivity index (χ4n) is 1.55. The summed E-state index contributed by atoms with van der Waals surface area (Å²) in [7, 11) is 0. The van der Waals surface area contributed by atoms with Crippen molar-refractivity contribution in [3.05, 3.63) is 34.6 Å². The smallest absolute Gasteiger partial charge is 0.225 e. The van der Waals surface area contributed by atoms with Gasteiger partial charge in [0.05, 0.1) is 4.47 Å². The van der Waals surface area contributed by atoms with Crippen LogP contribution in [0.25, 0.3) is 0 Å². The van der Waals surface area contributed by atoms with Crippen LogP contribution in [0.1, 0.15) is 13.3 Å². The van der Waals surface area contributed by atoms with Crippen LogP contribution in [0.2, 0.25) is 0 Å². The molecule has 0 amide bonds. The van der Waals surface area contributed by atoms with E-state index in [1.165, 1.54) is 17.8 Å². The second-order valence-corrected chi connectivity index (χ2v) is 5.81. The van der Waals surface area contributed by atoms with Crippen LogP contribution in [0.3, 0.4) is 0 Å². The number of hydrogen-bond donors (Lipinski definition) is 1. The quantitative estimate of drug-likeness (QED) is 0.588. The summed E-state index contributed by atoms with van der Waals surface area (Å²) in [6, 6.07) is 6.19. The molecule has 0 aliphatic heterocycles. The molecule has 1 N–H and O–H groups in total. The van der Waals surface area contributed by atoms with Crippen LogP contribution >= 0.6 is 27.7 Å². The molecule has 2 aromatic rings. The number of nitrogens with one attached hydrogen (secondary N) is 1. The van der Waals surface area contributed by atoms with E-state index in [9.17, 15) is 4.39 Å². The molecule has 1 aromatic carbocycles. The Morgan fingerprint density at radius 3 is 2.81 bits per heavy atom. The highest BCUT2D eigenvalue weighted by Gasteiger charge is 2.07. The van der Waals surface area contributed by atoms with Gasteiger partial charge in [0.2, 0.25) is 5.88 Å². The van der Waals surface area contributed by atoms with Crippen molar-refractivity contribution >= 4 is 33.5 Å². The minimum atomic E-state index is -0.333. The molecular formula is C14H15BrFN3OS. The minimum absolute atomic E-state index is 0.333. The van der Waals surface area contributed by atoms with Crippen molar-refractivity contribution < 1.29 is 9.13 Å². The van der Waals surface area contributed by atoms with Gasteiger partial charge in [-0.3, -0.25) is 0 Å². The number of rotatable bonds is 6. The monoisotopic (exact) mass is 371 g/mol. The Labute approximate surface area is 135 Å². The van der Waals surface area contributed by atoms with Crippen molar-refractivity contribution in [3.8, 4) is 11.6 Å². The first kappa shape index (κ1) is 16.0. The molecule has 112 valence electrons. The van der Waals surface area contributed by atoms with Crippen molar-refractivity contribution in [1.29, 1.82) is 0 Å². The van der Waals surface area contributed by atoms with Gasteiger partial charge in [-0.25, -0.2) is 9.37 Å². The molecule has 21 heavy (non-hydrogen) atoms. The lowest BCUT2D eigenvalue weighted by molar-refractivity contribution is 0.454. The third kappa shape index (κ3) is 4.57. The highest BCUT2D eigenvalue weighted by atomic mass is 79.9. The van der Waals surface area contributed by atoms with E-state index in [1.807, 2.05) is 6.26 Å². The molecule has 2 rings (SSSR count). The topological polar surface area (TPSA) is 47.0 Å². The van der Waals surface area contributed by atoms with E-state index >= 15 is 0 Å². The SMILES string of the molecule is CCCNc1cc(Oc2ccc(F)c(Br)c2)nc(SC)n1. The van der Waals surface area contributed by atoms with E-state index in [1.54, 1.807) is 18.2 Å². The zero-order valence-electron chi connectivity index (χ0n) is 11.7. The summed E-state index contributed by atoms with van der Waals surface area (Å²) in [5, 5.41) is 3.82. The largest absolute Gasteiger partial charge is 0.439 e. The Balaban J connectivity index is 2.23. The Morgan fingerprint density at radius 1 is 1.33 bits per heavy atom. The Bertz CT molecular complexity index is 627. The maximum Gasteiger partial charge on any atom is 0.225 e. The van der Waals surface area contributed by atoms with Crippen LogP contribution in [0.15, 0.2) is 33.9 Å². The van der Waals surface area contributed by atoms with Gasteiger partial charge in [0.1, 0.15) is 17.4 Å². The molecule has 0 aliphatic carbocycles. The molecule has 0 bridgehead atoms. The number of nitrogens with zero attached hydrogens (tertiary/aromatic N) is 2. The summed E-state index contributed by atoms with van der Waals surface area (Å²) >= 11 is 4.57. The van der Waals surface area contributed by atoms with Crippen molar-refractivity contribution in [3.63, 3.8) is 0 Å². The van der Waals surface area contributed by atoms with Crippen molar-refractivity contribution in [2.45, 2.75) is 18.5 Å². The first-order valence-electron chi connectivity index (χ1n) is 6.42. The summed E-state index contributed by atoms with van der Waals surface area (Å²) in [5.41, 5.74) is 0. The van der Waals surface area contributed by atoms with Gasteiger partial charge >= 0.3 is 0 Å². The van der Waals surface area contributed by atoms with Gasteiger partial charge in [-0.2, -0.15) is 4.98 Å². The van der Waals surface area contributed by atoms with Crippen LogP contribution in [0, 0.1) is 5.82 Å². The van der Waals surface area contributed by atoms with Gasteiger partial charge in [-0.1, -0.05) is 18.7 Å². The predicted octanol–water partition coefficient (Wildman–Crippen LogP) is 4.71. The van der Waals surface area contributed by atoms with E-state index < -0.39 is 0 Å². The molecule has 7 heteroatoms. The highest BCUT2D eigenvalue weighted by Crippen LogP contribution is 2.27. The normalized spacial score (nSPS) is 10.5. The number of anilines is 1. The first-order valence-corrected chi connectivity index (χ1v) is 8.44. The molecule has 0 aliphatic rings. The van der Waals surface area contributed by atoms with Gasteiger partial charge in [0.25, 0.3) is 0 Å². The lowest BCUT2D eigenvalue weighted by Crippen LogP contribution is -2.04. The van der Waals surface area contributed by atoms with E-state index in [-0.39, 0.29) is 5.82 Å². The summed E-state index contributed by atoms with van der Waals surface area (Å²) in [4.78, 5) is 8.64. The molecule has 4 nitrogen and oxygen atoms in total. The van der Waals surface area contributed by atoms with E-state index in [0.29, 0.717) is 27.1 Å². The van der Waals surface area contributed by atoms with Gasteiger partial charge in [-0.05, 0) is 46.8 Å². The molecule has 0 saturated carbocycles. The summed E-state index contributed by atoms with van der Waals surface area (Å²) in [5.74, 6) is 1.31. The zero-order chi connectivity index (χ0) is 15.2. The van der Waals surface area contributed by atoms with Crippen molar-refractivity contribution in [1.82, 2.24) is 9.97 Å². The van der Waals surface area contributed by atoms with Crippen LogP contribution in [-0.2, 0) is 0 Å². The molecule has 0 radical (unpaired) electrons. The molecule has 0 saturated heterocycles. The van der Waals surface area contributed by atoms with E-state index in [4.69, 9.17) is 4.74 Å². The number of aromatic nitrogens is 2. The van der Waals surface area contributed by atoms with E-state index in [2.05, 4.69) is 38.1 Å². The average Bonchev–Trinajstić information content (AvgIpc) is 2.48. The summed E-state index contributed by atoms with van der Waals surface area (Å²) in [6.45, 7) is 2.91. The number of ether oxygens (including phenoxy) is 1. The number of hydrogen-bond acceptors (Lipinski definition) is 5. The fourth-order valence-corrected chi connectivity index (χ4v) is 2.28. The highest BCUT2D eigenvalue weighted by molar-refractivity contribution is 9.10. The zero-order valence-corrected chi connectivity index (χ0v) is 14.1. The van der Waals surface area contributed by atoms with Crippen LogP contribution in [0.4, 0.5) is 10.2 Å². The Kier molecular flexibility index (Phi) is 5.81. The summed E-state index contributed by atoms with van der Waals surface area (Å²) < 4.78 is 19.2. The molecular weight excluding hydrogens is 357 g/mol. The molecule has 0 unspecified atom stereocenters. The standard InChI is InChI=1S/C14H15BrFN3OS/c1-3-6-17-12-8-13(19-14(18-12)21-2)20-9-4-5-11(16)10(15)7-9/h4-5,7-8H,3,6H2,1-2H3,(H,17,18,19).